The lowest BCUT2D eigenvalue weighted by Gasteiger charge is -2.21. The van der Waals surface area contributed by atoms with Crippen LogP contribution in [0.1, 0.15) is 0 Å². The van der Waals surface area contributed by atoms with Gasteiger partial charge >= 0.3 is 0 Å². The summed E-state index contributed by atoms with van der Waals surface area (Å²) in [6.07, 6.45) is 1.81. The number of rotatable bonds is 4. The van der Waals surface area contributed by atoms with E-state index >= 15 is 4.57 Å². The highest BCUT2D eigenvalue weighted by molar-refractivity contribution is 7.85. The van der Waals surface area contributed by atoms with Gasteiger partial charge < -0.3 is 4.57 Å². The maximum absolute atomic E-state index is 15.3. The lowest BCUT2D eigenvalue weighted by Crippen LogP contribution is -2.25. The standard InChI is InChI=1S/C36H24N3OP/c40-41(26-11-3-1-4-12-26,27-13-5-2-6-14-27)28-19-20-30-29-15-7-8-16-31(29)36-38-33-21-18-25(32-17-9-10-22-37-32)23-35(33)39(36)34(30)24-28/h1-24H. The summed E-state index contributed by atoms with van der Waals surface area (Å²) in [5.74, 6) is 0. The summed E-state index contributed by atoms with van der Waals surface area (Å²) in [7, 11) is -3.16. The molecule has 0 saturated heterocycles. The van der Waals surface area contributed by atoms with Crippen LogP contribution >= 0.6 is 7.14 Å². The molecule has 0 aliphatic heterocycles. The molecule has 8 rings (SSSR count). The summed E-state index contributed by atoms with van der Waals surface area (Å²) in [4.78, 5) is 9.69. The molecule has 0 N–H and O–H groups in total. The molecule has 0 aliphatic rings. The molecule has 5 heteroatoms. The highest BCUT2D eigenvalue weighted by atomic mass is 31.2. The van der Waals surface area contributed by atoms with Crippen LogP contribution in [0, 0.1) is 0 Å². The molecule has 0 bridgehead atoms. The van der Waals surface area contributed by atoms with E-state index in [-0.39, 0.29) is 0 Å². The van der Waals surface area contributed by atoms with E-state index in [2.05, 4.69) is 64.0 Å². The van der Waals surface area contributed by atoms with Crippen molar-refractivity contribution in [2.45, 2.75) is 0 Å². The van der Waals surface area contributed by atoms with E-state index in [9.17, 15) is 0 Å². The Kier molecular flexibility index (Phi) is 5.38. The summed E-state index contributed by atoms with van der Waals surface area (Å²) >= 11 is 0. The fraction of sp³-hybridized carbons (Fsp3) is 0. The van der Waals surface area contributed by atoms with Crippen molar-refractivity contribution in [3.8, 4) is 11.3 Å². The summed E-state index contributed by atoms with van der Waals surface area (Å²) < 4.78 is 17.5. The van der Waals surface area contributed by atoms with Crippen molar-refractivity contribution in [3.05, 3.63) is 146 Å². The fourth-order valence-corrected chi connectivity index (χ4v) is 8.62. The van der Waals surface area contributed by atoms with Gasteiger partial charge in [-0.2, -0.15) is 0 Å². The smallest absolute Gasteiger partial charge is 0.171 e. The van der Waals surface area contributed by atoms with Crippen molar-refractivity contribution in [3.63, 3.8) is 0 Å². The third-order valence-electron chi connectivity index (χ3n) is 7.90. The zero-order valence-electron chi connectivity index (χ0n) is 22.1. The summed E-state index contributed by atoms with van der Waals surface area (Å²) in [5, 5.41) is 5.72. The summed E-state index contributed by atoms with van der Waals surface area (Å²) in [6, 6.07) is 46.6. The van der Waals surface area contributed by atoms with Crippen molar-refractivity contribution in [1.82, 2.24) is 14.4 Å². The predicted octanol–water partition coefficient (Wildman–Crippen LogP) is 7.50. The van der Waals surface area contributed by atoms with Gasteiger partial charge in [0.25, 0.3) is 0 Å². The molecule has 8 aromatic rings. The molecule has 0 unspecified atom stereocenters. The fourth-order valence-electron chi connectivity index (χ4n) is 5.96. The van der Waals surface area contributed by atoms with Crippen LogP contribution < -0.4 is 15.9 Å². The highest BCUT2D eigenvalue weighted by Gasteiger charge is 2.30. The van der Waals surface area contributed by atoms with Gasteiger partial charge in [0.15, 0.2) is 7.14 Å². The molecule has 0 spiro atoms. The van der Waals surface area contributed by atoms with E-state index in [4.69, 9.17) is 4.98 Å². The van der Waals surface area contributed by atoms with Gasteiger partial charge in [-0.1, -0.05) is 109 Å². The molecule has 3 aromatic heterocycles. The van der Waals surface area contributed by atoms with Gasteiger partial charge in [0.05, 0.1) is 22.2 Å². The summed E-state index contributed by atoms with van der Waals surface area (Å²) in [6.45, 7) is 0. The van der Waals surface area contributed by atoms with Crippen molar-refractivity contribution in [2.75, 3.05) is 0 Å². The third kappa shape index (κ3) is 3.65. The van der Waals surface area contributed by atoms with E-state index in [1.54, 1.807) is 0 Å². The molecule has 5 aromatic carbocycles. The van der Waals surface area contributed by atoms with E-state index < -0.39 is 7.14 Å². The second kappa shape index (κ2) is 9.26. The van der Waals surface area contributed by atoms with Crippen LogP contribution in [-0.2, 0) is 4.57 Å². The SMILES string of the molecule is O=P(c1ccccc1)(c1ccccc1)c1ccc2c3ccccc3c3nc4ccc(-c5ccccn5)cc4n3c2c1. The molecule has 0 radical (unpaired) electrons. The zero-order chi connectivity index (χ0) is 27.4. The van der Waals surface area contributed by atoms with Crippen LogP contribution in [0.3, 0.4) is 0 Å². The van der Waals surface area contributed by atoms with Crippen molar-refractivity contribution in [2.24, 2.45) is 0 Å². The number of benzene rings is 5. The van der Waals surface area contributed by atoms with E-state index in [1.807, 2.05) is 91.1 Å². The number of hydrogen-bond donors (Lipinski definition) is 0. The third-order valence-corrected chi connectivity index (χ3v) is 11.0. The Morgan fingerprint density at radius 2 is 1.22 bits per heavy atom. The molecule has 0 saturated carbocycles. The van der Waals surface area contributed by atoms with Gasteiger partial charge in [0.1, 0.15) is 5.65 Å². The first kappa shape index (κ1) is 23.8. The molecule has 3 heterocycles. The summed E-state index contributed by atoms with van der Waals surface area (Å²) in [5.41, 5.74) is 5.69. The van der Waals surface area contributed by atoms with Gasteiger partial charge in [0.2, 0.25) is 0 Å². The maximum Gasteiger partial charge on any atom is 0.171 e. The van der Waals surface area contributed by atoms with E-state index in [0.29, 0.717) is 0 Å². The number of aromatic nitrogens is 3. The van der Waals surface area contributed by atoms with Crippen molar-refractivity contribution in [1.29, 1.82) is 0 Å². The quantitative estimate of drug-likeness (QED) is 0.170. The topological polar surface area (TPSA) is 47.3 Å². The lowest BCUT2D eigenvalue weighted by molar-refractivity contribution is 0.592. The molecule has 0 amide bonds. The number of hydrogen-bond acceptors (Lipinski definition) is 3. The number of fused-ring (bicyclic) bond motifs is 8. The Labute approximate surface area is 236 Å². The molecule has 0 fully saturated rings. The Bertz CT molecular complexity index is 2230. The van der Waals surface area contributed by atoms with Gasteiger partial charge in [-0.25, -0.2) is 4.98 Å². The van der Waals surface area contributed by atoms with Crippen LogP contribution in [0.15, 0.2) is 146 Å². The molecule has 4 nitrogen and oxygen atoms in total. The molecular formula is C36H24N3OP. The second-order valence-electron chi connectivity index (χ2n) is 10.2. The van der Waals surface area contributed by atoms with Crippen LogP contribution in [0.5, 0.6) is 0 Å². The molecule has 194 valence electrons. The number of nitrogens with zero attached hydrogens (tertiary/aromatic N) is 3. The Morgan fingerprint density at radius 1 is 0.537 bits per heavy atom. The number of pyridine rings is 2. The second-order valence-corrected chi connectivity index (χ2v) is 13.0. The van der Waals surface area contributed by atoms with Crippen LogP contribution in [-0.4, -0.2) is 14.4 Å². The van der Waals surface area contributed by atoms with Crippen LogP contribution in [0.4, 0.5) is 0 Å². The first-order valence-electron chi connectivity index (χ1n) is 13.6. The maximum atomic E-state index is 15.3. The Hall–Kier alpha value is -5.05. The minimum atomic E-state index is -3.16. The van der Waals surface area contributed by atoms with Gasteiger partial charge in [-0.05, 0) is 35.7 Å². The first-order valence-corrected chi connectivity index (χ1v) is 15.3. The predicted molar refractivity (Wildman–Crippen MR) is 170 cm³/mol. The van der Waals surface area contributed by atoms with Gasteiger partial charge in [0, 0.05) is 38.4 Å². The van der Waals surface area contributed by atoms with Gasteiger partial charge in [-0.15, -0.1) is 0 Å². The Morgan fingerprint density at radius 3 is 1.93 bits per heavy atom. The minimum Gasteiger partial charge on any atom is -0.309 e. The normalized spacial score (nSPS) is 12.0. The largest absolute Gasteiger partial charge is 0.309 e. The van der Waals surface area contributed by atoms with Crippen LogP contribution in [0.2, 0.25) is 0 Å². The monoisotopic (exact) mass is 545 g/mol. The average Bonchev–Trinajstić information content (AvgIpc) is 3.45. The molecule has 0 aliphatic carbocycles. The number of imidazole rings is 1. The van der Waals surface area contributed by atoms with Crippen molar-refractivity contribution < 1.29 is 4.57 Å². The Balaban J connectivity index is 1.50. The molecular weight excluding hydrogens is 521 g/mol. The lowest BCUT2D eigenvalue weighted by atomic mass is 10.1. The zero-order valence-corrected chi connectivity index (χ0v) is 22.9. The average molecular weight is 546 g/mol. The van der Waals surface area contributed by atoms with Crippen LogP contribution in [0.25, 0.3) is 49.6 Å². The van der Waals surface area contributed by atoms with Crippen molar-refractivity contribution >= 4 is 61.4 Å². The highest BCUT2D eigenvalue weighted by Crippen LogP contribution is 2.43. The molecule has 41 heavy (non-hydrogen) atoms. The van der Waals surface area contributed by atoms with Gasteiger partial charge in [-0.3, -0.25) is 9.38 Å². The first-order chi connectivity index (χ1) is 20.2. The minimum absolute atomic E-state index is 0.793. The van der Waals surface area contributed by atoms with E-state index in [1.165, 1.54) is 0 Å². The molecule has 0 atom stereocenters. The van der Waals surface area contributed by atoms with E-state index in [0.717, 1.165) is 65.5 Å².